The SMILES string of the molecule is CC1(C)OB(C2=CCN(C(=O)c3ccc4cnccc4c3)CC2)OC1(C)C. The van der Waals surface area contributed by atoms with Gasteiger partial charge in [-0.1, -0.05) is 12.1 Å². The third-order valence-electron chi connectivity index (χ3n) is 5.97. The normalized spacial score (nSPS) is 21.4. The Kier molecular flexibility index (Phi) is 4.36. The second kappa shape index (κ2) is 6.46. The van der Waals surface area contributed by atoms with E-state index in [0.717, 1.165) is 22.7 Å². The lowest BCUT2D eigenvalue weighted by Gasteiger charge is -2.32. The molecular weight excluding hydrogens is 339 g/mol. The molecule has 3 heterocycles. The lowest BCUT2D eigenvalue weighted by atomic mass is 9.74. The Balaban J connectivity index is 1.47. The summed E-state index contributed by atoms with van der Waals surface area (Å²) in [5.74, 6) is 0.0536. The molecule has 0 bridgehead atoms. The Bertz CT molecular complexity index is 907. The first kappa shape index (κ1) is 18.2. The molecule has 5 nitrogen and oxygen atoms in total. The van der Waals surface area contributed by atoms with Crippen molar-refractivity contribution < 1.29 is 14.1 Å². The van der Waals surface area contributed by atoms with Crippen molar-refractivity contribution >= 4 is 23.8 Å². The molecule has 0 aliphatic carbocycles. The van der Waals surface area contributed by atoms with Crippen LogP contribution < -0.4 is 0 Å². The van der Waals surface area contributed by atoms with Gasteiger partial charge in [-0.2, -0.15) is 0 Å². The monoisotopic (exact) mass is 364 g/mol. The van der Waals surface area contributed by atoms with Gasteiger partial charge in [0, 0.05) is 36.4 Å². The van der Waals surface area contributed by atoms with Crippen molar-refractivity contribution in [3.8, 4) is 0 Å². The molecule has 0 atom stereocenters. The predicted octanol–water partition coefficient (Wildman–Crippen LogP) is 3.64. The Morgan fingerprint density at radius 1 is 1.11 bits per heavy atom. The summed E-state index contributed by atoms with van der Waals surface area (Å²) in [6.07, 6.45) is 6.40. The first-order valence-corrected chi connectivity index (χ1v) is 9.44. The molecule has 0 unspecified atom stereocenters. The third-order valence-corrected chi connectivity index (χ3v) is 5.97. The van der Waals surface area contributed by atoms with Crippen molar-refractivity contribution in [2.45, 2.75) is 45.3 Å². The fourth-order valence-corrected chi connectivity index (χ4v) is 3.48. The number of benzene rings is 1. The molecule has 2 aromatic rings. The molecule has 6 heteroatoms. The summed E-state index contributed by atoms with van der Waals surface area (Å²) in [6.45, 7) is 9.47. The highest BCUT2D eigenvalue weighted by atomic mass is 16.7. The molecule has 0 N–H and O–H groups in total. The van der Waals surface area contributed by atoms with Gasteiger partial charge in [-0.3, -0.25) is 9.78 Å². The van der Waals surface area contributed by atoms with Gasteiger partial charge >= 0.3 is 7.12 Å². The van der Waals surface area contributed by atoms with E-state index in [2.05, 4.69) is 38.8 Å². The number of nitrogens with zero attached hydrogens (tertiary/aromatic N) is 2. The van der Waals surface area contributed by atoms with Crippen LogP contribution in [0.5, 0.6) is 0 Å². The molecule has 0 spiro atoms. The van der Waals surface area contributed by atoms with E-state index < -0.39 is 0 Å². The fraction of sp³-hybridized carbons (Fsp3) is 0.429. The number of fused-ring (bicyclic) bond motifs is 1. The van der Waals surface area contributed by atoms with E-state index in [1.54, 1.807) is 6.20 Å². The van der Waals surface area contributed by atoms with E-state index in [-0.39, 0.29) is 24.2 Å². The Hall–Kier alpha value is -2.18. The molecule has 2 aliphatic rings. The van der Waals surface area contributed by atoms with E-state index in [1.165, 1.54) is 0 Å². The molecule has 27 heavy (non-hydrogen) atoms. The van der Waals surface area contributed by atoms with Crippen LogP contribution in [0.2, 0.25) is 0 Å². The molecule has 4 rings (SSSR count). The first-order chi connectivity index (χ1) is 12.8. The zero-order valence-corrected chi connectivity index (χ0v) is 16.4. The van der Waals surface area contributed by atoms with Crippen LogP contribution in [-0.4, -0.2) is 47.2 Å². The largest absolute Gasteiger partial charge is 0.490 e. The summed E-state index contributed by atoms with van der Waals surface area (Å²) >= 11 is 0. The van der Waals surface area contributed by atoms with Gasteiger partial charge in [-0.25, -0.2) is 0 Å². The van der Waals surface area contributed by atoms with Crippen molar-refractivity contribution in [2.24, 2.45) is 0 Å². The topological polar surface area (TPSA) is 51.7 Å². The van der Waals surface area contributed by atoms with Crippen LogP contribution in [0.25, 0.3) is 10.8 Å². The van der Waals surface area contributed by atoms with Crippen LogP contribution >= 0.6 is 0 Å². The van der Waals surface area contributed by atoms with E-state index in [9.17, 15) is 4.79 Å². The Morgan fingerprint density at radius 3 is 2.52 bits per heavy atom. The molecule has 1 aromatic carbocycles. The third kappa shape index (κ3) is 3.28. The zero-order chi connectivity index (χ0) is 19.2. The molecule has 1 amide bonds. The predicted molar refractivity (Wildman–Crippen MR) is 106 cm³/mol. The molecule has 140 valence electrons. The Labute approximate surface area is 160 Å². The minimum Gasteiger partial charge on any atom is -0.400 e. The van der Waals surface area contributed by atoms with Crippen molar-refractivity contribution in [2.75, 3.05) is 13.1 Å². The maximum Gasteiger partial charge on any atom is 0.490 e. The number of aromatic nitrogens is 1. The van der Waals surface area contributed by atoms with Gasteiger partial charge in [-0.15, -0.1) is 0 Å². The minimum atomic E-state index is -0.342. The molecular formula is C21H25BN2O3. The number of amides is 1. The van der Waals surface area contributed by atoms with E-state index >= 15 is 0 Å². The van der Waals surface area contributed by atoms with Crippen molar-refractivity contribution in [1.82, 2.24) is 9.88 Å². The van der Waals surface area contributed by atoms with Crippen LogP contribution in [0, 0.1) is 0 Å². The summed E-state index contributed by atoms with van der Waals surface area (Å²) in [7, 11) is -0.319. The second-order valence-corrected chi connectivity index (χ2v) is 8.31. The van der Waals surface area contributed by atoms with Crippen molar-refractivity contribution in [3.05, 3.63) is 53.8 Å². The summed E-state index contributed by atoms with van der Waals surface area (Å²) in [5, 5.41) is 2.07. The highest BCUT2D eigenvalue weighted by molar-refractivity contribution is 6.54. The average molecular weight is 364 g/mol. The standard InChI is InChI=1S/C21H25BN2O3/c1-20(2)21(3,4)27-22(26-20)18-8-11-24(12-9-18)19(25)16-5-6-17-14-23-10-7-15(17)13-16/h5-8,10,13-14H,9,11-12H2,1-4H3. The van der Waals surface area contributed by atoms with Gasteiger partial charge in [0.1, 0.15) is 0 Å². The summed E-state index contributed by atoms with van der Waals surface area (Å²) in [6, 6.07) is 7.69. The van der Waals surface area contributed by atoms with E-state index in [1.807, 2.05) is 35.4 Å². The van der Waals surface area contributed by atoms with Crippen LogP contribution in [0.4, 0.5) is 0 Å². The van der Waals surface area contributed by atoms with Gasteiger partial charge in [0.15, 0.2) is 0 Å². The molecule has 1 aromatic heterocycles. The maximum absolute atomic E-state index is 12.9. The number of rotatable bonds is 2. The Morgan fingerprint density at radius 2 is 1.85 bits per heavy atom. The summed E-state index contributed by atoms with van der Waals surface area (Å²) in [5.41, 5.74) is 1.15. The number of carbonyl (C=O) groups excluding carboxylic acids is 1. The fourth-order valence-electron chi connectivity index (χ4n) is 3.48. The summed E-state index contributed by atoms with van der Waals surface area (Å²) in [4.78, 5) is 18.9. The van der Waals surface area contributed by atoms with Crippen molar-refractivity contribution in [1.29, 1.82) is 0 Å². The summed E-state index contributed by atoms with van der Waals surface area (Å²) < 4.78 is 12.3. The molecule has 1 fully saturated rings. The average Bonchev–Trinajstić information content (AvgIpc) is 2.88. The highest BCUT2D eigenvalue weighted by Crippen LogP contribution is 2.39. The maximum atomic E-state index is 12.9. The molecule has 1 saturated heterocycles. The molecule has 2 aliphatic heterocycles. The van der Waals surface area contributed by atoms with Crippen LogP contribution in [0.3, 0.4) is 0 Å². The number of carbonyl (C=O) groups is 1. The van der Waals surface area contributed by atoms with Crippen LogP contribution in [0.15, 0.2) is 48.2 Å². The lowest BCUT2D eigenvalue weighted by Crippen LogP contribution is -2.41. The smallest absolute Gasteiger partial charge is 0.400 e. The van der Waals surface area contributed by atoms with Crippen molar-refractivity contribution in [3.63, 3.8) is 0 Å². The number of hydrogen-bond donors (Lipinski definition) is 0. The minimum absolute atomic E-state index is 0.0536. The van der Waals surface area contributed by atoms with E-state index in [4.69, 9.17) is 9.31 Å². The van der Waals surface area contributed by atoms with Gasteiger partial charge < -0.3 is 14.2 Å². The quantitative estimate of drug-likeness (QED) is 0.764. The lowest BCUT2D eigenvalue weighted by molar-refractivity contribution is 0.00578. The number of pyridine rings is 1. The zero-order valence-electron chi connectivity index (χ0n) is 16.4. The molecule has 0 radical (unpaired) electrons. The van der Waals surface area contributed by atoms with E-state index in [0.29, 0.717) is 18.7 Å². The van der Waals surface area contributed by atoms with Gasteiger partial charge in [0.2, 0.25) is 0 Å². The number of hydrogen-bond acceptors (Lipinski definition) is 4. The van der Waals surface area contributed by atoms with Gasteiger partial charge in [0.25, 0.3) is 5.91 Å². The van der Waals surface area contributed by atoms with Crippen LogP contribution in [0.1, 0.15) is 44.5 Å². The van der Waals surface area contributed by atoms with Gasteiger partial charge in [0.05, 0.1) is 11.2 Å². The highest BCUT2D eigenvalue weighted by Gasteiger charge is 2.52. The van der Waals surface area contributed by atoms with Gasteiger partial charge in [-0.05, 0) is 63.2 Å². The second-order valence-electron chi connectivity index (χ2n) is 8.31. The first-order valence-electron chi connectivity index (χ1n) is 9.44. The van der Waals surface area contributed by atoms with Crippen LogP contribution in [-0.2, 0) is 9.31 Å². The molecule has 0 saturated carbocycles.